The molecule has 0 N–H and O–H groups in total. The monoisotopic (exact) mass is 188 g/mol. The highest BCUT2D eigenvalue weighted by atomic mass is 19.3. The number of unbranched alkanes of at least 4 members (excludes halogenated alkanes) is 6. The van der Waals surface area contributed by atoms with E-state index in [2.05, 4.69) is 5.92 Å². The average Bonchev–Trinajstić information content (AvgIpc) is 2.09. The van der Waals surface area contributed by atoms with Gasteiger partial charge in [0.2, 0.25) is 6.43 Å². The summed E-state index contributed by atoms with van der Waals surface area (Å²) in [6.07, 6.45) is 9.87. The van der Waals surface area contributed by atoms with Crippen molar-refractivity contribution in [2.75, 3.05) is 0 Å². The Labute approximate surface area is 79.7 Å². The number of rotatable bonds is 8. The van der Waals surface area contributed by atoms with E-state index in [1.165, 1.54) is 0 Å². The summed E-state index contributed by atoms with van der Waals surface area (Å²) >= 11 is 0. The fourth-order valence-corrected chi connectivity index (χ4v) is 1.23. The Balaban J connectivity index is 2.88. The van der Waals surface area contributed by atoms with Crippen LogP contribution in [-0.2, 0) is 0 Å². The van der Waals surface area contributed by atoms with Crippen LogP contribution in [0.4, 0.5) is 8.78 Å². The van der Waals surface area contributed by atoms with Crippen LogP contribution in [0.3, 0.4) is 0 Å². The van der Waals surface area contributed by atoms with Gasteiger partial charge in [-0.15, -0.1) is 12.3 Å². The fraction of sp³-hybridized carbons (Fsp3) is 0.818. The van der Waals surface area contributed by atoms with E-state index in [1.54, 1.807) is 0 Å². The minimum atomic E-state index is -2.12. The third kappa shape index (κ3) is 11.4. The quantitative estimate of drug-likeness (QED) is 0.399. The maximum absolute atomic E-state index is 11.7. The van der Waals surface area contributed by atoms with E-state index in [1.807, 2.05) is 0 Å². The van der Waals surface area contributed by atoms with Crippen molar-refractivity contribution < 1.29 is 8.78 Å². The molecule has 0 aliphatic carbocycles. The normalized spacial score (nSPS) is 10.3. The van der Waals surface area contributed by atoms with Crippen LogP contribution in [0.25, 0.3) is 0 Å². The van der Waals surface area contributed by atoms with Gasteiger partial charge in [-0.1, -0.05) is 25.7 Å². The lowest BCUT2D eigenvalue weighted by Gasteiger charge is -2.00. The van der Waals surface area contributed by atoms with Crippen molar-refractivity contribution in [3.8, 4) is 12.3 Å². The van der Waals surface area contributed by atoms with Crippen LogP contribution in [0, 0.1) is 12.3 Å². The van der Waals surface area contributed by atoms with Crippen LogP contribution >= 0.6 is 0 Å². The van der Waals surface area contributed by atoms with Crippen LogP contribution in [0.2, 0.25) is 0 Å². The SMILES string of the molecule is C#CCCCCCCCCC(F)F. The molecular formula is C11H18F2. The summed E-state index contributed by atoms with van der Waals surface area (Å²) in [5, 5.41) is 0. The lowest BCUT2D eigenvalue weighted by molar-refractivity contribution is 0.133. The van der Waals surface area contributed by atoms with E-state index < -0.39 is 6.43 Å². The van der Waals surface area contributed by atoms with Crippen LogP contribution in [-0.4, -0.2) is 6.43 Å². The Morgan fingerprint density at radius 2 is 1.46 bits per heavy atom. The zero-order valence-electron chi connectivity index (χ0n) is 8.07. The summed E-state index contributed by atoms with van der Waals surface area (Å²) in [6, 6.07) is 0. The van der Waals surface area contributed by atoms with Gasteiger partial charge in [-0.25, -0.2) is 8.78 Å². The van der Waals surface area contributed by atoms with Gasteiger partial charge in [0.25, 0.3) is 0 Å². The van der Waals surface area contributed by atoms with Gasteiger partial charge in [-0.05, 0) is 12.8 Å². The number of hydrogen-bond donors (Lipinski definition) is 0. The zero-order valence-corrected chi connectivity index (χ0v) is 8.07. The Kier molecular flexibility index (Phi) is 9.08. The van der Waals surface area contributed by atoms with Crippen molar-refractivity contribution in [1.29, 1.82) is 0 Å². The van der Waals surface area contributed by atoms with Gasteiger partial charge >= 0.3 is 0 Å². The maximum Gasteiger partial charge on any atom is 0.238 e. The minimum absolute atomic E-state index is 0.0599. The van der Waals surface area contributed by atoms with Crippen LogP contribution in [0.5, 0.6) is 0 Å². The summed E-state index contributed by atoms with van der Waals surface area (Å²) in [5.74, 6) is 2.59. The van der Waals surface area contributed by atoms with Gasteiger partial charge in [0.15, 0.2) is 0 Å². The summed E-state index contributed by atoms with van der Waals surface area (Å²) in [4.78, 5) is 0. The largest absolute Gasteiger partial charge is 0.238 e. The summed E-state index contributed by atoms with van der Waals surface area (Å²) in [7, 11) is 0. The van der Waals surface area contributed by atoms with Gasteiger partial charge < -0.3 is 0 Å². The van der Waals surface area contributed by atoms with E-state index in [4.69, 9.17) is 6.42 Å². The molecule has 0 radical (unpaired) electrons. The van der Waals surface area contributed by atoms with Crippen LogP contribution in [0.15, 0.2) is 0 Å². The molecular weight excluding hydrogens is 170 g/mol. The lowest BCUT2D eigenvalue weighted by atomic mass is 10.1. The molecule has 13 heavy (non-hydrogen) atoms. The highest BCUT2D eigenvalue weighted by Crippen LogP contribution is 2.11. The smallest absolute Gasteiger partial charge is 0.211 e. The van der Waals surface area contributed by atoms with E-state index in [0.717, 1.165) is 38.5 Å². The number of alkyl halides is 2. The number of hydrogen-bond acceptors (Lipinski definition) is 0. The number of halogens is 2. The first-order chi connectivity index (χ1) is 6.27. The van der Waals surface area contributed by atoms with Gasteiger partial charge in [-0.2, -0.15) is 0 Å². The van der Waals surface area contributed by atoms with Crippen LogP contribution < -0.4 is 0 Å². The maximum atomic E-state index is 11.7. The molecule has 0 bridgehead atoms. The summed E-state index contributed by atoms with van der Waals surface area (Å²) < 4.78 is 23.4. The third-order valence-electron chi connectivity index (χ3n) is 1.99. The van der Waals surface area contributed by atoms with Crippen molar-refractivity contribution in [3.63, 3.8) is 0 Å². The van der Waals surface area contributed by atoms with E-state index >= 15 is 0 Å². The first-order valence-electron chi connectivity index (χ1n) is 4.99. The summed E-state index contributed by atoms with van der Waals surface area (Å²) in [5.41, 5.74) is 0. The predicted octanol–water partition coefficient (Wildman–Crippen LogP) is 4.01. The molecule has 0 unspecified atom stereocenters. The van der Waals surface area contributed by atoms with Crippen molar-refractivity contribution >= 4 is 0 Å². The Bertz CT molecular complexity index is 136. The second-order valence-electron chi connectivity index (χ2n) is 3.26. The molecule has 0 heterocycles. The first kappa shape index (κ1) is 12.4. The molecule has 0 saturated carbocycles. The Morgan fingerprint density at radius 3 is 2.00 bits per heavy atom. The predicted molar refractivity (Wildman–Crippen MR) is 51.8 cm³/mol. The van der Waals surface area contributed by atoms with Crippen molar-refractivity contribution in [3.05, 3.63) is 0 Å². The molecule has 0 aromatic carbocycles. The second-order valence-corrected chi connectivity index (χ2v) is 3.26. The topological polar surface area (TPSA) is 0 Å². The lowest BCUT2D eigenvalue weighted by Crippen LogP contribution is -1.89. The average molecular weight is 188 g/mol. The fourth-order valence-electron chi connectivity index (χ4n) is 1.23. The van der Waals surface area contributed by atoms with Crippen LogP contribution in [0.1, 0.15) is 51.4 Å². The molecule has 0 aromatic heterocycles. The van der Waals surface area contributed by atoms with Crippen molar-refractivity contribution in [1.82, 2.24) is 0 Å². The molecule has 0 amide bonds. The zero-order chi connectivity index (χ0) is 9.94. The van der Waals surface area contributed by atoms with Gasteiger partial charge in [0.1, 0.15) is 0 Å². The van der Waals surface area contributed by atoms with E-state index in [-0.39, 0.29) is 6.42 Å². The van der Waals surface area contributed by atoms with Crippen molar-refractivity contribution in [2.24, 2.45) is 0 Å². The van der Waals surface area contributed by atoms with Crippen molar-refractivity contribution in [2.45, 2.75) is 57.8 Å². The number of terminal acetylenes is 1. The van der Waals surface area contributed by atoms with Gasteiger partial charge in [0, 0.05) is 12.8 Å². The molecule has 0 nitrogen and oxygen atoms in total. The molecule has 0 aliphatic heterocycles. The molecule has 0 rings (SSSR count). The highest BCUT2D eigenvalue weighted by molar-refractivity contribution is 4.82. The first-order valence-corrected chi connectivity index (χ1v) is 4.99. The molecule has 0 atom stereocenters. The molecule has 76 valence electrons. The summed E-state index contributed by atoms with van der Waals surface area (Å²) in [6.45, 7) is 0. The van der Waals surface area contributed by atoms with E-state index in [0.29, 0.717) is 6.42 Å². The molecule has 2 heteroatoms. The second kappa shape index (κ2) is 9.51. The molecule has 0 aliphatic rings. The molecule has 0 saturated heterocycles. The Hall–Kier alpha value is -0.580. The molecule has 0 aromatic rings. The third-order valence-corrected chi connectivity index (χ3v) is 1.99. The minimum Gasteiger partial charge on any atom is -0.211 e. The standard InChI is InChI=1S/C11H18F2/c1-2-3-4-5-6-7-8-9-10-11(12)13/h1,11H,3-10H2. The van der Waals surface area contributed by atoms with Gasteiger partial charge in [-0.3, -0.25) is 0 Å². The Morgan fingerprint density at radius 1 is 0.923 bits per heavy atom. The molecule has 0 fully saturated rings. The highest BCUT2D eigenvalue weighted by Gasteiger charge is 2.00. The molecule has 0 spiro atoms. The van der Waals surface area contributed by atoms with Gasteiger partial charge in [0.05, 0.1) is 0 Å². The van der Waals surface area contributed by atoms with E-state index in [9.17, 15) is 8.78 Å².